The van der Waals surface area contributed by atoms with Crippen LogP contribution in [0.1, 0.15) is 34.6 Å². The number of ketones is 2. The molecule has 0 aliphatic rings. The first-order valence-corrected chi connectivity index (χ1v) is 4.69. The number of carbonyl (C=O) groups is 2. The molecule has 0 unspecified atom stereocenters. The van der Waals surface area contributed by atoms with Crippen molar-refractivity contribution in [3.05, 3.63) is 11.1 Å². The van der Waals surface area contributed by atoms with Gasteiger partial charge in [-0.3, -0.25) is 9.59 Å². The minimum atomic E-state index is -0.808. The van der Waals surface area contributed by atoms with Crippen molar-refractivity contribution in [3.8, 4) is 23.0 Å². The predicted octanol–water partition coefficient (Wildman–Crippen LogP) is 1.22. The largest absolute Gasteiger partial charge is 0.506 e. The van der Waals surface area contributed by atoms with Crippen molar-refractivity contribution in [2.45, 2.75) is 13.8 Å². The van der Waals surface area contributed by atoms with Crippen LogP contribution in [0.2, 0.25) is 0 Å². The van der Waals surface area contributed by atoms with Crippen LogP contribution in [0.3, 0.4) is 0 Å². The second-order valence-corrected chi connectivity index (χ2v) is 3.44. The van der Waals surface area contributed by atoms with E-state index in [-0.39, 0.29) is 11.3 Å². The number of benzene rings is 1. The Labute approximate surface area is 97.1 Å². The van der Waals surface area contributed by atoms with Gasteiger partial charge in [0, 0.05) is 0 Å². The zero-order chi connectivity index (χ0) is 13.3. The minimum Gasteiger partial charge on any atom is -0.506 e. The van der Waals surface area contributed by atoms with Gasteiger partial charge in [0.25, 0.3) is 0 Å². The summed E-state index contributed by atoms with van der Waals surface area (Å²) in [5, 5.41) is 28.9. The number of ether oxygens (including phenoxy) is 1. The van der Waals surface area contributed by atoms with E-state index < -0.39 is 34.4 Å². The van der Waals surface area contributed by atoms with Crippen LogP contribution < -0.4 is 4.74 Å². The highest BCUT2D eigenvalue weighted by Crippen LogP contribution is 2.47. The van der Waals surface area contributed by atoms with Crippen LogP contribution in [0, 0.1) is 0 Å². The molecule has 0 saturated carbocycles. The molecule has 0 radical (unpaired) electrons. The Morgan fingerprint density at radius 3 is 1.71 bits per heavy atom. The quantitative estimate of drug-likeness (QED) is 0.417. The number of Topliss-reactive ketones (excluding diaryl/α,β-unsaturated/α-hetero) is 2. The molecule has 0 fully saturated rings. The third-order valence-electron chi connectivity index (χ3n) is 2.29. The third-order valence-corrected chi connectivity index (χ3v) is 2.29. The van der Waals surface area contributed by atoms with Crippen LogP contribution in [-0.2, 0) is 0 Å². The van der Waals surface area contributed by atoms with Crippen molar-refractivity contribution in [2.24, 2.45) is 0 Å². The summed E-state index contributed by atoms with van der Waals surface area (Å²) >= 11 is 0. The predicted molar refractivity (Wildman–Crippen MR) is 58.0 cm³/mol. The van der Waals surface area contributed by atoms with Crippen LogP contribution in [0.5, 0.6) is 23.0 Å². The fourth-order valence-electron chi connectivity index (χ4n) is 1.55. The Bertz CT molecular complexity index is 503. The van der Waals surface area contributed by atoms with Gasteiger partial charge >= 0.3 is 0 Å². The van der Waals surface area contributed by atoms with E-state index in [1.807, 2.05) is 0 Å². The number of carbonyl (C=O) groups excluding carboxylic acids is 2. The summed E-state index contributed by atoms with van der Waals surface area (Å²) in [4.78, 5) is 22.6. The van der Waals surface area contributed by atoms with Crippen LogP contribution in [0.15, 0.2) is 0 Å². The zero-order valence-corrected chi connectivity index (χ0v) is 9.57. The molecule has 0 atom stereocenters. The molecule has 3 N–H and O–H groups in total. The second kappa shape index (κ2) is 4.32. The first kappa shape index (κ1) is 12.8. The summed E-state index contributed by atoms with van der Waals surface area (Å²) in [7, 11) is 1.16. The molecule has 0 spiro atoms. The highest BCUT2D eigenvalue weighted by atomic mass is 16.5. The number of hydrogen-bond acceptors (Lipinski definition) is 6. The maximum atomic E-state index is 11.3. The van der Waals surface area contributed by atoms with Gasteiger partial charge in [0.1, 0.15) is 16.9 Å². The standard InChI is InChI=1S/C11H12O6/c1-4(12)6-8(14)7(5(2)13)11(17-3)10(16)9(6)15/h14-16H,1-3H3. The Kier molecular flexibility index (Phi) is 3.26. The van der Waals surface area contributed by atoms with E-state index >= 15 is 0 Å². The number of methoxy groups -OCH3 is 1. The highest BCUT2D eigenvalue weighted by molar-refractivity contribution is 6.08. The van der Waals surface area contributed by atoms with E-state index in [1.54, 1.807) is 0 Å². The molecule has 1 rings (SSSR count). The first-order chi connectivity index (χ1) is 7.82. The molecule has 0 saturated heterocycles. The smallest absolute Gasteiger partial charge is 0.202 e. The zero-order valence-electron chi connectivity index (χ0n) is 9.57. The van der Waals surface area contributed by atoms with Gasteiger partial charge in [-0.1, -0.05) is 0 Å². The summed E-state index contributed by atoms with van der Waals surface area (Å²) in [6, 6.07) is 0. The van der Waals surface area contributed by atoms with Gasteiger partial charge in [0.15, 0.2) is 23.1 Å². The number of phenols is 3. The van der Waals surface area contributed by atoms with Gasteiger partial charge in [0.05, 0.1) is 7.11 Å². The van der Waals surface area contributed by atoms with E-state index in [1.165, 1.54) is 0 Å². The molecule has 92 valence electrons. The molecule has 17 heavy (non-hydrogen) atoms. The molecular weight excluding hydrogens is 228 g/mol. The molecular formula is C11H12O6. The first-order valence-electron chi connectivity index (χ1n) is 4.69. The van der Waals surface area contributed by atoms with E-state index in [0.717, 1.165) is 21.0 Å². The average molecular weight is 240 g/mol. The molecule has 1 aromatic carbocycles. The molecule has 0 bridgehead atoms. The lowest BCUT2D eigenvalue weighted by molar-refractivity contribution is 0.100. The van der Waals surface area contributed by atoms with Gasteiger partial charge in [-0.05, 0) is 13.8 Å². The number of phenolic OH excluding ortho intramolecular Hbond substituents is 3. The van der Waals surface area contributed by atoms with Gasteiger partial charge < -0.3 is 20.1 Å². The number of hydrogen-bond donors (Lipinski definition) is 3. The third kappa shape index (κ3) is 1.89. The highest BCUT2D eigenvalue weighted by Gasteiger charge is 2.28. The van der Waals surface area contributed by atoms with Gasteiger partial charge in [0.2, 0.25) is 5.75 Å². The number of aromatic hydroxyl groups is 3. The SMILES string of the molecule is COc1c(O)c(O)c(C(C)=O)c(O)c1C(C)=O. The normalized spacial score (nSPS) is 10.1. The maximum Gasteiger partial charge on any atom is 0.202 e. The molecule has 0 aliphatic heterocycles. The van der Waals surface area contributed by atoms with E-state index in [4.69, 9.17) is 4.74 Å². The lowest BCUT2D eigenvalue weighted by Gasteiger charge is -2.14. The fraction of sp³-hybridized carbons (Fsp3) is 0.273. The maximum absolute atomic E-state index is 11.3. The van der Waals surface area contributed by atoms with Gasteiger partial charge in [-0.2, -0.15) is 0 Å². The van der Waals surface area contributed by atoms with E-state index in [2.05, 4.69) is 0 Å². The number of rotatable bonds is 3. The van der Waals surface area contributed by atoms with Crippen molar-refractivity contribution in [1.29, 1.82) is 0 Å². The summed E-state index contributed by atoms with van der Waals surface area (Å²) in [5.74, 6) is -3.90. The van der Waals surface area contributed by atoms with E-state index in [9.17, 15) is 24.9 Å². The molecule has 6 heteroatoms. The van der Waals surface area contributed by atoms with Gasteiger partial charge in [-0.15, -0.1) is 0 Å². The lowest BCUT2D eigenvalue weighted by Crippen LogP contribution is -2.04. The molecule has 1 aromatic rings. The lowest BCUT2D eigenvalue weighted by atomic mass is 10.00. The summed E-state index contributed by atoms with van der Waals surface area (Å²) < 4.78 is 4.73. The van der Waals surface area contributed by atoms with Crippen molar-refractivity contribution < 1.29 is 29.6 Å². The summed E-state index contributed by atoms with van der Waals surface area (Å²) in [6.07, 6.45) is 0. The van der Waals surface area contributed by atoms with Gasteiger partial charge in [-0.25, -0.2) is 0 Å². The summed E-state index contributed by atoms with van der Waals surface area (Å²) in [5.41, 5.74) is -0.846. The molecule has 0 amide bonds. The fourth-order valence-corrected chi connectivity index (χ4v) is 1.55. The van der Waals surface area contributed by atoms with Crippen molar-refractivity contribution in [2.75, 3.05) is 7.11 Å². The Morgan fingerprint density at radius 2 is 1.35 bits per heavy atom. The Balaban J connectivity index is 3.82. The molecule has 0 aliphatic carbocycles. The Morgan fingerprint density at radius 1 is 0.882 bits per heavy atom. The molecule has 0 heterocycles. The monoisotopic (exact) mass is 240 g/mol. The molecule has 6 nitrogen and oxygen atoms in total. The molecule has 0 aromatic heterocycles. The van der Waals surface area contributed by atoms with Crippen molar-refractivity contribution >= 4 is 11.6 Å². The second-order valence-electron chi connectivity index (χ2n) is 3.44. The van der Waals surface area contributed by atoms with Crippen LogP contribution in [0.4, 0.5) is 0 Å². The summed E-state index contributed by atoms with van der Waals surface area (Å²) in [6.45, 7) is 2.22. The van der Waals surface area contributed by atoms with Crippen molar-refractivity contribution in [1.82, 2.24) is 0 Å². The Hall–Kier alpha value is -2.24. The average Bonchev–Trinajstić information content (AvgIpc) is 2.21. The van der Waals surface area contributed by atoms with Crippen LogP contribution in [-0.4, -0.2) is 34.0 Å². The minimum absolute atomic E-state index is 0.340. The van der Waals surface area contributed by atoms with Crippen LogP contribution in [0.25, 0.3) is 0 Å². The van der Waals surface area contributed by atoms with Crippen LogP contribution >= 0.6 is 0 Å². The van der Waals surface area contributed by atoms with Crippen molar-refractivity contribution in [3.63, 3.8) is 0 Å². The van der Waals surface area contributed by atoms with E-state index in [0.29, 0.717) is 0 Å². The topological polar surface area (TPSA) is 104 Å².